The van der Waals surface area contributed by atoms with Crippen molar-refractivity contribution < 1.29 is 13.2 Å². The zero-order valence-corrected chi connectivity index (χ0v) is 13.3. The first-order chi connectivity index (χ1) is 9.30. The zero-order chi connectivity index (χ0) is 14.8. The van der Waals surface area contributed by atoms with Gasteiger partial charge in [0, 0.05) is 4.90 Å². The van der Waals surface area contributed by atoms with Crippen LogP contribution in [0.15, 0.2) is 35.2 Å². The van der Waals surface area contributed by atoms with Crippen LogP contribution in [-0.2, 0) is 14.6 Å². The third-order valence-corrected chi connectivity index (χ3v) is 6.37. The lowest BCUT2D eigenvalue weighted by Crippen LogP contribution is -2.49. The van der Waals surface area contributed by atoms with Gasteiger partial charge in [-0.3, -0.25) is 4.79 Å². The van der Waals surface area contributed by atoms with Gasteiger partial charge in [-0.1, -0.05) is 18.2 Å². The molecule has 2 atom stereocenters. The molecule has 2 rings (SSSR count). The summed E-state index contributed by atoms with van der Waals surface area (Å²) in [4.78, 5) is 13.2. The van der Waals surface area contributed by atoms with E-state index in [4.69, 9.17) is 0 Å². The molecule has 1 saturated heterocycles. The molecular formula is C14H19NO3S2. The summed E-state index contributed by atoms with van der Waals surface area (Å²) in [5.41, 5.74) is -0.624. The lowest BCUT2D eigenvalue weighted by Gasteiger charge is -2.25. The largest absolute Gasteiger partial charge is 0.349 e. The minimum Gasteiger partial charge on any atom is -0.349 e. The third-order valence-electron chi connectivity index (χ3n) is 3.35. The second kappa shape index (κ2) is 5.77. The van der Waals surface area contributed by atoms with E-state index in [-0.39, 0.29) is 22.7 Å². The average Bonchev–Trinajstić information content (AvgIpc) is 2.64. The minimum absolute atomic E-state index is 0.0362. The van der Waals surface area contributed by atoms with Crippen LogP contribution < -0.4 is 5.32 Å². The first-order valence-corrected chi connectivity index (χ1v) is 9.24. The van der Waals surface area contributed by atoms with Crippen molar-refractivity contribution in [2.75, 3.05) is 11.5 Å². The topological polar surface area (TPSA) is 63.2 Å². The van der Waals surface area contributed by atoms with Gasteiger partial charge in [0.1, 0.15) is 0 Å². The molecule has 6 heteroatoms. The fourth-order valence-corrected chi connectivity index (χ4v) is 5.25. The van der Waals surface area contributed by atoms with Crippen LogP contribution in [0.3, 0.4) is 0 Å². The predicted octanol–water partition coefficient (Wildman–Crippen LogP) is 1.86. The molecule has 1 aromatic carbocycles. The van der Waals surface area contributed by atoms with Crippen LogP contribution in [0.25, 0.3) is 0 Å². The van der Waals surface area contributed by atoms with Crippen LogP contribution in [0.1, 0.15) is 20.3 Å². The van der Waals surface area contributed by atoms with Crippen molar-refractivity contribution in [2.24, 2.45) is 0 Å². The van der Waals surface area contributed by atoms with Crippen LogP contribution in [0.4, 0.5) is 0 Å². The van der Waals surface area contributed by atoms with Crippen LogP contribution in [0.2, 0.25) is 0 Å². The fourth-order valence-electron chi connectivity index (χ4n) is 2.26. The van der Waals surface area contributed by atoms with E-state index in [0.717, 1.165) is 4.90 Å². The van der Waals surface area contributed by atoms with E-state index in [1.54, 1.807) is 6.92 Å². The standard InChI is InChI=1S/C14H19NO3S2/c1-11(19-12-6-4-3-5-7-12)13(16)15-14(2)8-9-20(17,18)10-14/h3-7,11H,8-10H2,1-2H3,(H,15,16). The number of thioether (sulfide) groups is 1. The predicted molar refractivity (Wildman–Crippen MR) is 81.6 cm³/mol. The third kappa shape index (κ3) is 3.99. The number of nitrogens with one attached hydrogen (secondary N) is 1. The Morgan fingerprint density at radius 2 is 2.00 bits per heavy atom. The van der Waals surface area contributed by atoms with Crippen molar-refractivity contribution in [1.82, 2.24) is 5.32 Å². The number of amides is 1. The molecule has 0 bridgehead atoms. The molecule has 1 fully saturated rings. The van der Waals surface area contributed by atoms with Crippen molar-refractivity contribution >= 4 is 27.5 Å². The number of hydrogen-bond acceptors (Lipinski definition) is 4. The highest BCUT2D eigenvalue weighted by molar-refractivity contribution is 8.00. The van der Waals surface area contributed by atoms with E-state index in [1.807, 2.05) is 37.3 Å². The molecule has 1 amide bonds. The first kappa shape index (κ1) is 15.4. The Balaban J connectivity index is 1.95. The van der Waals surface area contributed by atoms with E-state index in [0.29, 0.717) is 6.42 Å². The van der Waals surface area contributed by atoms with Gasteiger partial charge in [0.2, 0.25) is 5.91 Å². The molecule has 0 radical (unpaired) electrons. The maximum absolute atomic E-state index is 12.2. The highest BCUT2D eigenvalue weighted by Crippen LogP contribution is 2.26. The van der Waals surface area contributed by atoms with Crippen LogP contribution >= 0.6 is 11.8 Å². The molecular weight excluding hydrogens is 294 g/mol. The number of sulfone groups is 1. The SMILES string of the molecule is CC(Sc1ccccc1)C(=O)NC1(C)CCS(=O)(=O)C1. The number of hydrogen-bond donors (Lipinski definition) is 1. The normalized spacial score (nSPS) is 26.1. The molecule has 0 spiro atoms. The molecule has 0 aliphatic carbocycles. The Bertz CT molecular complexity index is 586. The summed E-state index contributed by atoms with van der Waals surface area (Å²) in [5, 5.41) is 2.64. The van der Waals surface area contributed by atoms with Crippen molar-refractivity contribution in [3.05, 3.63) is 30.3 Å². The zero-order valence-electron chi connectivity index (χ0n) is 11.6. The Labute approximate surface area is 124 Å². The summed E-state index contributed by atoms with van der Waals surface area (Å²) in [5.74, 6) is 0.0804. The van der Waals surface area contributed by atoms with Crippen molar-refractivity contribution in [2.45, 2.75) is 36.0 Å². The Morgan fingerprint density at radius 3 is 2.55 bits per heavy atom. The summed E-state index contributed by atoms with van der Waals surface area (Å²) >= 11 is 1.47. The first-order valence-electron chi connectivity index (χ1n) is 6.54. The van der Waals surface area contributed by atoms with E-state index in [9.17, 15) is 13.2 Å². The van der Waals surface area contributed by atoms with Gasteiger partial charge < -0.3 is 5.32 Å². The van der Waals surface area contributed by atoms with Crippen molar-refractivity contribution in [3.8, 4) is 0 Å². The lowest BCUT2D eigenvalue weighted by molar-refractivity contribution is -0.121. The van der Waals surface area contributed by atoms with Gasteiger partial charge >= 0.3 is 0 Å². The quantitative estimate of drug-likeness (QED) is 0.862. The smallest absolute Gasteiger partial charge is 0.233 e. The number of benzene rings is 1. The highest BCUT2D eigenvalue weighted by Gasteiger charge is 2.40. The fraction of sp³-hybridized carbons (Fsp3) is 0.500. The van der Waals surface area contributed by atoms with Gasteiger partial charge in [-0.2, -0.15) is 0 Å². The number of carbonyl (C=O) groups excluding carboxylic acids is 1. The Kier molecular flexibility index (Phi) is 4.44. The molecule has 2 unspecified atom stereocenters. The van der Waals surface area contributed by atoms with Gasteiger partial charge in [-0.15, -0.1) is 11.8 Å². The van der Waals surface area contributed by atoms with Gasteiger partial charge in [-0.05, 0) is 32.4 Å². The monoisotopic (exact) mass is 313 g/mol. The molecule has 4 nitrogen and oxygen atoms in total. The molecule has 1 N–H and O–H groups in total. The van der Waals surface area contributed by atoms with Gasteiger partial charge in [0.05, 0.1) is 22.3 Å². The highest BCUT2D eigenvalue weighted by atomic mass is 32.2. The van der Waals surface area contributed by atoms with Gasteiger partial charge in [0.25, 0.3) is 0 Å². The van der Waals surface area contributed by atoms with Crippen LogP contribution in [0.5, 0.6) is 0 Å². The maximum atomic E-state index is 12.2. The maximum Gasteiger partial charge on any atom is 0.233 e. The van der Waals surface area contributed by atoms with Gasteiger partial charge in [0.15, 0.2) is 9.84 Å². The lowest BCUT2D eigenvalue weighted by atomic mass is 10.0. The van der Waals surface area contributed by atoms with Crippen LogP contribution in [-0.4, -0.2) is 36.6 Å². The van der Waals surface area contributed by atoms with E-state index in [2.05, 4.69) is 5.32 Å². The Hall–Kier alpha value is -1.01. The summed E-state index contributed by atoms with van der Waals surface area (Å²) in [7, 11) is -3.01. The molecule has 1 aliphatic rings. The van der Waals surface area contributed by atoms with Crippen molar-refractivity contribution in [1.29, 1.82) is 0 Å². The second-order valence-corrected chi connectivity index (χ2v) is 9.06. The van der Waals surface area contributed by atoms with Crippen LogP contribution in [0, 0.1) is 0 Å². The molecule has 110 valence electrons. The average molecular weight is 313 g/mol. The molecule has 1 aliphatic heterocycles. The summed E-state index contributed by atoms with van der Waals surface area (Å²) in [6.07, 6.45) is 0.490. The van der Waals surface area contributed by atoms with E-state index in [1.165, 1.54) is 11.8 Å². The van der Waals surface area contributed by atoms with Crippen molar-refractivity contribution in [3.63, 3.8) is 0 Å². The molecule has 1 heterocycles. The molecule has 1 aromatic rings. The Morgan fingerprint density at radius 1 is 1.35 bits per heavy atom. The molecule has 0 aromatic heterocycles. The van der Waals surface area contributed by atoms with E-state index >= 15 is 0 Å². The van der Waals surface area contributed by atoms with E-state index < -0.39 is 15.4 Å². The number of rotatable bonds is 4. The minimum atomic E-state index is -3.01. The summed E-state index contributed by atoms with van der Waals surface area (Å²) < 4.78 is 23.1. The second-order valence-electron chi connectivity index (χ2n) is 5.47. The summed E-state index contributed by atoms with van der Waals surface area (Å²) in [6.45, 7) is 3.63. The van der Waals surface area contributed by atoms with Gasteiger partial charge in [-0.25, -0.2) is 8.42 Å². The molecule has 0 saturated carbocycles. The number of carbonyl (C=O) groups is 1. The summed E-state index contributed by atoms with van der Waals surface area (Å²) in [6, 6.07) is 9.70. The molecule has 20 heavy (non-hydrogen) atoms.